The first-order chi connectivity index (χ1) is 11.8. The Morgan fingerprint density at radius 2 is 2.08 bits per heavy atom. The molecule has 2 N–H and O–H groups in total. The Hall–Kier alpha value is -2.81. The van der Waals surface area contributed by atoms with Gasteiger partial charge in [0.1, 0.15) is 11.5 Å². The van der Waals surface area contributed by atoms with Crippen molar-refractivity contribution in [3.63, 3.8) is 0 Å². The van der Waals surface area contributed by atoms with Crippen molar-refractivity contribution in [3.05, 3.63) is 53.1 Å². The average molecular weight is 370 g/mol. The van der Waals surface area contributed by atoms with Gasteiger partial charge in [0.2, 0.25) is 0 Å². The number of fused-ring (bicyclic) bond motifs is 1. The van der Waals surface area contributed by atoms with E-state index >= 15 is 0 Å². The fourth-order valence-corrected chi connectivity index (χ4v) is 2.53. The summed E-state index contributed by atoms with van der Waals surface area (Å²) in [6.45, 7) is 0. The van der Waals surface area contributed by atoms with E-state index in [2.05, 4.69) is 20.6 Å². The zero-order valence-electron chi connectivity index (χ0n) is 12.7. The molecule has 0 atom stereocenters. The maximum atomic E-state index is 12.9. The molecule has 6 nitrogen and oxygen atoms in total. The smallest absolute Gasteiger partial charge is 0.371 e. The van der Waals surface area contributed by atoms with Crippen LogP contribution in [0.2, 0.25) is 5.15 Å². The Morgan fingerprint density at radius 3 is 2.76 bits per heavy atom. The molecule has 0 fully saturated rings. The number of alkyl halides is 3. The summed E-state index contributed by atoms with van der Waals surface area (Å²) in [6.07, 6.45) is -2.32. The highest BCUT2D eigenvalue weighted by molar-refractivity contribution is 6.33. The third-order valence-electron chi connectivity index (χ3n) is 3.40. The van der Waals surface area contributed by atoms with Crippen molar-refractivity contribution >= 4 is 34.7 Å². The third kappa shape index (κ3) is 3.22. The molecule has 0 bridgehead atoms. The van der Waals surface area contributed by atoms with Gasteiger partial charge in [-0.3, -0.25) is 9.20 Å². The minimum atomic E-state index is -4.58. The third-order valence-corrected chi connectivity index (χ3v) is 3.67. The van der Waals surface area contributed by atoms with Crippen molar-refractivity contribution in [2.45, 2.75) is 6.18 Å². The summed E-state index contributed by atoms with van der Waals surface area (Å²) in [5.41, 5.74) is -0.652. The van der Waals surface area contributed by atoms with Crippen LogP contribution in [0.1, 0.15) is 16.1 Å². The van der Waals surface area contributed by atoms with Gasteiger partial charge in [-0.05, 0) is 18.2 Å². The van der Waals surface area contributed by atoms with Gasteiger partial charge in [0, 0.05) is 19.4 Å². The molecule has 0 aliphatic heterocycles. The van der Waals surface area contributed by atoms with Crippen LogP contribution in [0.4, 0.5) is 24.7 Å². The van der Waals surface area contributed by atoms with Crippen molar-refractivity contribution in [2.75, 3.05) is 17.7 Å². The molecule has 0 unspecified atom stereocenters. The molecular formula is C15H11ClF3N5O. The summed E-state index contributed by atoms with van der Waals surface area (Å²) in [4.78, 5) is 20.3. The lowest BCUT2D eigenvalue weighted by atomic mass is 10.2. The maximum absolute atomic E-state index is 12.9. The van der Waals surface area contributed by atoms with E-state index in [1.54, 1.807) is 24.4 Å². The zero-order chi connectivity index (χ0) is 18.2. The molecule has 0 radical (unpaired) electrons. The van der Waals surface area contributed by atoms with Crippen LogP contribution >= 0.6 is 11.6 Å². The first kappa shape index (κ1) is 17.0. The summed E-state index contributed by atoms with van der Waals surface area (Å²) in [6, 6.07) is 5.84. The second-order valence-electron chi connectivity index (χ2n) is 5.00. The number of anilines is 2. The molecule has 10 heteroatoms. The predicted octanol–water partition coefficient (Wildman–Crippen LogP) is 3.70. The number of nitrogens with zero attached hydrogens (tertiary/aromatic N) is 3. The molecule has 1 amide bonds. The van der Waals surface area contributed by atoms with E-state index in [1.165, 1.54) is 11.4 Å². The number of hydrogen-bond acceptors (Lipinski definition) is 4. The van der Waals surface area contributed by atoms with Crippen LogP contribution < -0.4 is 10.6 Å². The molecule has 0 aliphatic rings. The van der Waals surface area contributed by atoms with Crippen LogP contribution in [0.5, 0.6) is 0 Å². The van der Waals surface area contributed by atoms with Crippen LogP contribution in [-0.2, 0) is 6.18 Å². The van der Waals surface area contributed by atoms with Crippen molar-refractivity contribution in [1.82, 2.24) is 14.4 Å². The van der Waals surface area contributed by atoms with Gasteiger partial charge in [0.15, 0.2) is 10.8 Å². The molecule has 0 spiro atoms. The van der Waals surface area contributed by atoms with E-state index in [1.807, 2.05) is 0 Å². The highest BCUT2D eigenvalue weighted by atomic mass is 35.5. The molecule has 0 aliphatic carbocycles. The Labute approximate surface area is 144 Å². The first-order valence-corrected chi connectivity index (χ1v) is 7.38. The number of amides is 1. The molecule has 0 aromatic carbocycles. The normalized spacial score (nSPS) is 11.6. The summed E-state index contributed by atoms with van der Waals surface area (Å²) >= 11 is 6.00. The second kappa shape index (κ2) is 6.25. The monoisotopic (exact) mass is 369 g/mol. The second-order valence-corrected chi connectivity index (χ2v) is 5.36. The SMILES string of the molecule is CNc1ncc(C(F)(F)F)cc1NC(=O)c1c(Cl)nc2ccccn12. The van der Waals surface area contributed by atoms with Gasteiger partial charge in [0.05, 0.1) is 11.3 Å². The van der Waals surface area contributed by atoms with E-state index in [-0.39, 0.29) is 22.4 Å². The largest absolute Gasteiger partial charge is 0.417 e. The van der Waals surface area contributed by atoms with Crippen LogP contribution in [0.15, 0.2) is 36.7 Å². The summed E-state index contributed by atoms with van der Waals surface area (Å²) < 4.78 is 40.1. The van der Waals surface area contributed by atoms with Crippen LogP contribution in [-0.4, -0.2) is 27.3 Å². The summed E-state index contributed by atoms with van der Waals surface area (Å²) in [7, 11) is 1.48. The number of imidazole rings is 1. The molecule has 0 saturated carbocycles. The topological polar surface area (TPSA) is 71.3 Å². The molecule has 3 aromatic rings. The Kier molecular flexibility index (Phi) is 4.25. The van der Waals surface area contributed by atoms with Gasteiger partial charge in [-0.25, -0.2) is 9.97 Å². The van der Waals surface area contributed by atoms with Gasteiger partial charge in [0.25, 0.3) is 5.91 Å². The fourth-order valence-electron chi connectivity index (χ4n) is 2.27. The molecule has 3 aromatic heterocycles. The lowest BCUT2D eigenvalue weighted by molar-refractivity contribution is -0.137. The van der Waals surface area contributed by atoms with E-state index < -0.39 is 17.6 Å². The fraction of sp³-hybridized carbons (Fsp3) is 0.133. The highest BCUT2D eigenvalue weighted by Gasteiger charge is 2.32. The van der Waals surface area contributed by atoms with Crippen molar-refractivity contribution in [3.8, 4) is 0 Å². The highest BCUT2D eigenvalue weighted by Crippen LogP contribution is 2.33. The van der Waals surface area contributed by atoms with Gasteiger partial charge in [-0.2, -0.15) is 13.2 Å². The number of pyridine rings is 2. The number of hydrogen-bond donors (Lipinski definition) is 2. The summed E-state index contributed by atoms with van der Waals surface area (Å²) in [5, 5.41) is 4.97. The Morgan fingerprint density at radius 1 is 1.32 bits per heavy atom. The molecule has 3 rings (SSSR count). The quantitative estimate of drug-likeness (QED) is 0.738. The van der Waals surface area contributed by atoms with Crippen molar-refractivity contribution in [1.29, 1.82) is 0 Å². The average Bonchev–Trinajstić information content (AvgIpc) is 2.89. The standard InChI is InChI=1S/C15H11ClF3N5O/c1-20-13-9(6-8(7-21-13)15(17,18)19)22-14(25)11-12(16)23-10-4-2-3-5-24(10)11/h2-7H,1H3,(H,20,21)(H,22,25). The molecule has 3 heterocycles. The van der Waals surface area contributed by atoms with E-state index in [9.17, 15) is 18.0 Å². The number of carbonyl (C=O) groups is 1. The molecule has 130 valence electrons. The number of carbonyl (C=O) groups excluding carboxylic acids is 1. The predicted molar refractivity (Wildman–Crippen MR) is 86.9 cm³/mol. The van der Waals surface area contributed by atoms with Crippen LogP contribution in [0.3, 0.4) is 0 Å². The lowest BCUT2D eigenvalue weighted by Gasteiger charge is -2.13. The molecule has 0 saturated heterocycles. The minimum absolute atomic E-state index is 0.0109. The van der Waals surface area contributed by atoms with Gasteiger partial charge < -0.3 is 10.6 Å². The van der Waals surface area contributed by atoms with E-state index in [0.29, 0.717) is 11.8 Å². The van der Waals surface area contributed by atoms with Gasteiger partial charge in [-0.15, -0.1) is 0 Å². The molecule has 25 heavy (non-hydrogen) atoms. The lowest BCUT2D eigenvalue weighted by Crippen LogP contribution is -2.17. The van der Waals surface area contributed by atoms with E-state index in [4.69, 9.17) is 11.6 Å². The Bertz CT molecular complexity index is 954. The minimum Gasteiger partial charge on any atom is -0.371 e. The number of rotatable bonds is 3. The van der Waals surface area contributed by atoms with Gasteiger partial charge >= 0.3 is 6.18 Å². The van der Waals surface area contributed by atoms with Crippen LogP contribution in [0.25, 0.3) is 5.65 Å². The summed E-state index contributed by atoms with van der Waals surface area (Å²) in [5.74, 6) is -0.618. The number of halogens is 4. The Balaban J connectivity index is 2.01. The van der Waals surface area contributed by atoms with Gasteiger partial charge in [-0.1, -0.05) is 17.7 Å². The maximum Gasteiger partial charge on any atom is 0.417 e. The molecular weight excluding hydrogens is 359 g/mol. The zero-order valence-corrected chi connectivity index (χ0v) is 13.5. The number of nitrogens with one attached hydrogen (secondary N) is 2. The first-order valence-electron chi connectivity index (χ1n) is 7.00. The van der Waals surface area contributed by atoms with E-state index in [0.717, 1.165) is 6.07 Å². The van der Waals surface area contributed by atoms with Crippen LogP contribution in [0, 0.1) is 0 Å². The number of aromatic nitrogens is 3. The van der Waals surface area contributed by atoms with Crippen molar-refractivity contribution in [2.24, 2.45) is 0 Å². The van der Waals surface area contributed by atoms with Crippen molar-refractivity contribution < 1.29 is 18.0 Å².